The summed E-state index contributed by atoms with van der Waals surface area (Å²) in [5, 5.41) is 9.90. The minimum Gasteiger partial charge on any atom is -0.389 e. The maximum atomic E-state index is 12.2. The third kappa shape index (κ3) is 5.02. The molecule has 0 bridgehead atoms. The van der Waals surface area contributed by atoms with Crippen LogP contribution < -0.4 is 0 Å². The number of hydrogen-bond donors (Lipinski definition) is 1. The molecule has 0 amide bonds. The monoisotopic (exact) mass is 299 g/mol. The molecule has 0 aliphatic heterocycles. The average Bonchev–Trinajstić information content (AvgIpc) is 2.44. The zero-order valence-electron chi connectivity index (χ0n) is 12.3. The molecule has 0 fully saturated rings. The zero-order chi connectivity index (χ0) is 15.2. The first-order chi connectivity index (χ1) is 10.1. The third-order valence-corrected chi connectivity index (χ3v) is 3.78. The fourth-order valence-electron chi connectivity index (χ4n) is 2.83. The Morgan fingerprint density at radius 2 is 2.10 bits per heavy atom. The van der Waals surface area contributed by atoms with E-state index in [1.54, 1.807) is 7.05 Å². The number of alkyl halides is 2. The number of halogens is 2. The fraction of sp³-hybridized carbons (Fsp3) is 0.625. The Morgan fingerprint density at radius 3 is 2.86 bits per heavy atom. The van der Waals surface area contributed by atoms with Gasteiger partial charge in [-0.1, -0.05) is 24.3 Å². The van der Waals surface area contributed by atoms with Crippen molar-refractivity contribution >= 4 is 0 Å². The van der Waals surface area contributed by atoms with E-state index in [2.05, 4.69) is 12.1 Å². The molecule has 1 aliphatic carbocycles. The second kappa shape index (κ2) is 7.82. The van der Waals surface area contributed by atoms with Crippen molar-refractivity contribution in [1.29, 1.82) is 0 Å². The molecular weight excluding hydrogens is 276 g/mol. The van der Waals surface area contributed by atoms with E-state index in [9.17, 15) is 13.9 Å². The van der Waals surface area contributed by atoms with Gasteiger partial charge in [0.25, 0.3) is 6.43 Å². The lowest BCUT2D eigenvalue weighted by Gasteiger charge is -2.27. The molecule has 0 radical (unpaired) electrons. The summed E-state index contributed by atoms with van der Waals surface area (Å²) in [6.07, 6.45) is -0.0452. The van der Waals surface area contributed by atoms with Crippen LogP contribution in [0.4, 0.5) is 8.78 Å². The number of aryl methyl sites for hydroxylation is 1. The molecule has 5 heteroatoms. The van der Waals surface area contributed by atoms with Crippen molar-refractivity contribution in [1.82, 2.24) is 4.90 Å². The van der Waals surface area contributed by atoms with Crippen LogP contribution in [0.1, 0.15) is 30.1 Å². The first-order valence-corrected chi connectivity index (χ1v) is 7.40. The Hall–Kier alpha value is -1.04. The summed E-state index contributed by atoms with van der Waals surface area (Å²) in [5.41, 5.74) is 2.50. The molecular formula is C16H23F2NO2. The molecule has 0 saturated heterocycles. The minimum absolute atomic E-state index is 0.00463. The van der Waals surface area contributed by atoms with E-state index in [0.717, 1.165) is 19.3 Å². The summed E-state index contributed by atoms with van der Waals surface area (Å²) >= 11 is 0. The van der Waals surface area contributed by atoms with Gasteiger partial charge in [-0.3, -0.25) is 4.90 Å². The largest absolute Gasteiger partial charge is 0.389 e. The maximum Gasteiger partial charge on any atom is 0.251 e. The number of nitrogens with zero attached hydrogens (tertiary/aromatic N) is 1. The second-order valence-corrected chi connectivity index (χ2v) is 5.68. The minimum atomic E-state index is -2.38. The van der Waals surface area contributed by atoms with Gasteiger partial charge in [0.2, 0.25) is 0 Å². The smallest absolute Gasteiger partial charge is 0.251 e. The second-order valence-electron chi connectivity index (χ2n) is 5.68. The Bertz CT molecular complexity index is 442. The molecule has 0 saturated carbocycles. The lowest BCUT2D eigenvalue weighted by Crippen LogP contribution is -2.35. The molecule has 2 atom stereocenters. The summed E-state index contributed by atoms with van der Waals surface area (Å²) in [4.78, 5) is 1.42. The predicted molar refractivity (Wildman–Crippen MR) is 77.6 cm³/mol. The van der Waals surface area contributed by atoms with Crippen molar-refractivity contribution < 1.29 is 18.6 Å². The lowest BCUT2D eigenvalue weighted by atomic mass is 9.89. The van der Waals surface area contributed by atoms with Gasteiger partial charge in [0.1, 0.15) is 0 Å². The van der Waals surface area contributed by atoms with E-state index in [-0.39, 0.29) is 25.8 Å². The molecule has 1 aromatic carbocycles. The molecule has 0 aromatic heterocycles. The van der Waals surface area contributed by atoms with Gasteiger partial charge in [0.05, 0.1) is 25.4 Å². The van der Waals surface area contributed by atoms with Crippen LogP contribution in [-0.4, -0.2) is 49.3 Å². The average molecular weight is 299 g/mol. The summed E-state index contributed by atoms with van der Waals surface area (Å²) in [5.74, 6) is 0. The molecule has 2 rings (SSSR count). The van der Waals surface area contributed by atoms with Gasteiger partial charge in [-0.15, -0.1) is 0 Å². The highest BCUT2D eigenvalue weighted by Gasteiger charge is 2.21. The van der Waals surface area contributed by atoms with Crippen LogP contribution >= 0.6 is 0 Å². The van der Waals surface area contributed by atoms with E-state index in [1.165, 1.54) is 16.0 Å². The first kappa shape index (κ1) is 16.3. The van der Waals surface area contributed by atoms with E-state index in [1.807, 2.05) is 12.1 Å². The molecule has 0 spiro atoms. The van der Waals surface area contributed by atoms with Gasteiger partial charge in [-0.05, 0) is 37.4 Å². The fourth-order valence-corrected chi connectivity index (χ4v) is 2.83. The van der Waals surface area contributed by atoms with Crippen molar-refractivity contribution in [3.63, 3.8) is 0 Å². The SMILES string of the molecule is CN(CC(F)F)CC(O)COC1CCCc2ccccc21. The van der Waals surface area contributed by atoms with Crippen LogP contribution in [0.25, 0.3) is 0 Å². The van der Waals surface area contributed by atoms with E-state index >= 15 is 0 Å². The standard InChI is InChI=1S/C16H23F2NO2/c1-19(10-16(17)18)9-13(20)11-21-15-8-4-6-12-5-2-3-7-14(12)15/h2-3,5,7,13,15-16,20H,4,6,8-11H2,1H3. The highest BCUT2D eigenvalue weighted by atomic mass is 19.3. The molecule has 1 N–H and O–H groups in total. The van der Waals surface area contributed by atoms with Crippen LogP contribution in [-0.2, 0) is 11.2 Å². The number of likely N-dealkylation sites (N-methyl/N-ethyl adjacent to an activating group) is 1. The normalized spacial score (nSPS) is 19.8. The topological polar surface area (TPSA) is 32.7 Å². The zero-order valence-corrected chi connectivity index (χ0v) is 12.3. The van der Waals surface area contributed by atoms with Crippen molar-refractivity contribution in [3.05, 3.63) is 35.4 Å². The number of fused-ring (bicyclic) bond motifs is 1. The van der Waals surface area contributed by atoms with Gasteiger partial charge >= 0.3 is 0 Å². The summed E-state index contributed by atoms with van der Waals surface area (Å²) in [6, 6.07) is 8.19. The van der Waals surface area contributed by atoms with Crippen LogP contribution in [0.2, 0.25) is 0 Å². The number of ether oxygens (including phenoxy) is 1. The molecule has 2 unspecified atom stereocenters. The van der Waals surface area contributed by atoms with Crippen LogP contribution in [0, 0.1) is 0 Å². The summed E-state index contributed by atoms with van der Waals surface area (Å²) in [6.45, 7) is 0.0363. The quantitative estimate of drug-likeness (QED) is 0.840. The van der Waals surface area contributed by atoms with E-state index in [0.29, 0.717) is 0 Å². The Morgan fingerprint density at radius 1 is 1.33 bits per heavy atom. The van der Waals surface area contributed by atoms with Crippen LogP contribution in [0.5, 0.6) is 0 Å². The van der Waals surface area contributed by atoms with E-state index < -0.39 is 12.5 Å². The summed E-state index contributed by atoms with van der Waals surface area (Å²) < 4.78 is 30.3. The number of aliphatic hydroxyl groups is 1. The van der Waals surface area contributed by atoms with Crippen LogP contribution in [0.3, 0.4) is 0 Å². The molecule has 118 valence electrons. The molecule has 1 aliphatic rings. The van der Waals surface area contributed by atoms with Crippen molar-refractivity contribution in [2.24, 2.45) is 0 Å². The molecule has 21 heavy (non-hydrogen) atoms. The number of rotatable bonds is 7. The van der Waals surface area contributed by atoms with Gasteiger partial charge in [-0.2, -0.15) is 0 Å². The Balaban J connectivity index is 1.81. The molecule has 1 aromatic rings. The first-order valence-electron chi connectivity index (χ1n) is 7.40. The predicted octanol–water partition coefficient (Wildman–Crippen LogP) is 2.64. The number of benzene rings is 1. The maximum absolute atomic E-state index is 12.2. The molecule has 0 heterocycles. The third-order valence-electron chi connectivity index (χ3n) is 3.78. The van der Waals surface area contributed by atoms with Gasteiger partial charge in [0, 0.05) is 6.54 Å². The van der Waals surface area contributed by atoms with Crippen molar-refractivity contribution in [2.45, 2.75) is 37.9 Å². The number of hydrogen-bond acceptors (Lipinski definition) is 3. The Labute approximate surface area is 124 Å². The van der Waals surface area contributed by atoms with Crippen molar-refractivity contribution in [3.8, 4) is 0 Å². The highest BCUT2D eigenvalue weighted by molar-refractivity contribution is 5.31. The van der Waals surface area contributed by atoms with E-state index in [4.69, 9.17) is 4.74 Å². The number of aliphatic hydroxyl groups excluding tert-OH is 1. The van der Waals surface area contributed by atoms with Crippen molar-refractivity contribution in [2.75, 3.05) is 26.7 Å². The van der Waals surface area contributed by atoms with Crippen LogP contribution in [0.15, 0.2) is 24.3 Å². The lowest BCUT2D eigenvalue weighted by molar-refractivity contribution is -0.0301. The highest BCUT2D eigenvalue weighted by Crippen LogP contribution is 2.32. The summed E-state index contributed by atoms with van der Waals surface area (Å²) in [7, 11) is 1.57. The van der Waals surface area contributed by atoms with Gasteiger partial charge in [0.15, 0.2) is 0 Å². The Kier molecular flexibility index (Phi) is 6.08. The van der Waals surface area contributed by atoms with Gasteiger partial charge < -0.3 is 9.84 Å². The van der Waals surface area contributed by atoms with Gasteiger partial charge in [-0.25, -0.2) is 8.78 Å². The molecule has 3 nitrogen and oxygen atoms in total.